The summed E-state index contributed by atoms with van der Waals surface area (Å²) in [5, 5.41) is 3.36. The van der Waals surface area contributed by atoms with Crippen LogP contribution in [0, 0.1) is 0 Å². The summed E-state index contributed by atoms with van der Waals surface area (Å²) in [6.07, 6.45) is 7.91. The average molecular weight is 183 g/mol. The van der Waals surface area contributed by atoms with E-state index in [9.17, 15) is 4.79 Å². The van der Waals surface area contributed by atoms with Crippen molar-refractivity contribution in [2.75, 3.05) is 6.54 Å². The van der Waals surface area contributed by atoms with Gasteiger partial charge in [0, 0.05) is 6.42 Å². The molecule has 1 rings (SSSR count). The summed E-state index contributed by atoms with van der Waals surface area (Å²) in [7, 11) is 0. The Kier molecular flexibility index (Phi) is 5.06. The number of ketones is 1. The summed E-state index contributed by atoms with van der Waals surface area (Å²) in [6, 6.07) is 0.186. The highest BCUT2D eigenvalue weighted by Gasteiger charge is 2.20. The third kappa shape index (κ3) is 3.90. The lowest BCUT2D eigenvalue weighted by molar-refractivity contribution is -0.122. The minimum Gasteiger partial charge on any atom is -0.307 e. The lowest BCUT2D eigenvalue weighted by atomic mass is 9.94. The average Bonchev–Trinajstić information content (AvgIpc) is 2.15. The van der Waals surface area contributed by atoms with E-state index in [4.69, 9.17) is 0 Å². The van der Waals surface area contributed by atoms with E-state index in [0.717, 1.165) is 25.8 Å². The van der Waals surface area contributed by atoms with Gasteiger partial charge in [0.25, 0.3) is 0 Å². The largest absolute Gasteiger partial charge is 0.307 e. The molecule has 2 nitrogen and oxygen atoms in total. The number of nitrogens with one attached hydrogen (secondary N) is 1. The number of Topliss-reactive ketones (excluding diaryl/α,β-unsaturated/α-hetero) is 1. The Balaban J connectivity index is 2.08. The van der Waals surface area contributed by atoms with Crippen molar-refractivity contribution in [2.24, 2.45) is 0 Å². The molecule has 1 unspecified atom stereocenters. The Bertz CT molecular complexity index is 156. The molecule has 0 bridgehead atoms. The molecule has 0 spiro atoms. The zero-order chi connectivity index (χ0) is 9.52. The van der Waals surface area contributed by atoms with Gasteiger partial charge in [-0.3, -0.25) is 4.79 Å². The van der Waals surface area contributed by atoms with E-state index in [-0.39, 0.29) is 6.04 Å². The molecular weight excluding hydrogens is 162 g/mol. The van der Waals surface area contributed by atoms with E-state index in [2.05, 4.69) is 12.2 Å². The van der Waals surface area contributed by atoms with E-state index in [1.807, 2.05) is 0 Å². The van der Waals surface area contributed by atoms with Gasteiger partial charge < -0.3 is 5.32 Å². The Labute approximate surface area is 81.1 Å². The number of rotatable bonds is 5. The molecule has 0 aromatic heterocycles. The first-order valence-electron chi connectivity index (χ1n) is 5.60. The van der Waals surface area contributed by atoms with Crippen molar-refractivity contribution >= 4 is 5.78 Å². The van der Waals surface area contributed by atoms with E-state index in [1.165, 1.54) is 25.7 Å². The van der Waals surface area contributed by atoms with E-state index in [1.54, 1.807) is 0 Å². The van der Waals surface area contributed by atoms with Gasteiger partial charge in [0.15, 0.2) is 0 Å². The molecule has 1 atom stereocenters. The molecule has 0 heterocycles. The van der Waals surface area contributed by atoms with Crippen LogP contribution in [0.4, 0.5) is 0 Å². The summed E-state index contributed by atoms with van der Waals surface area (Å²) in [4.78, 5) is 11.4. The van der Waals surface area contributed by atoms with Gasteiger partial charge in [0.05, 0.1) is 6.04 Å². The number of hydrogen-bond donors (Lipinski definition) is 1. The van der Waals surface area contributed by atoms with E-state index >= 15 is 0 Å². The maximum absolute atomic E-state index is 11.4. The first-order valence-corrected chi connectivity index (χ1v) is 5.60. The summed E-state index contributed by atoms with van der Waals surface area (Å²) in [6.45, 7) is 3.22. The normalized spacial score (nSPS) is 23.5. The van der Waals surface area contributed by atoms with E-state index < -0.39 is 0 Å². The Morgan fingerprint density at radius 2 is 2.23 bits per heavy atom. The summed E-state index contributed by atoms with van der Waals surface area (Å²) < 4.78 is 0. The first-order chi connectivity index (χ1) is 6.34. The monoisotopic (exact) mass is 183 g/mol. The summed E-state index contributed by atoms with van der Waals surface area (Å²) in [5.74, 6) is 0.433. The molecule has 0 amide bonds. The zero-order valence-electron chi connectivity index (χ0n) is 8.64. The topological polar surface area (TPSA) is 29.1 Å². The van der Waals surface area contributed by atoms with Gasteiger partial charge in [-0.05, 0) is 25.8 Å². The highest BCUT2D eigenvalue weighted by Crippen LogP contribution is 2.14. The predicted molar refractivity (Wildman–Crippen MR) is 54.8 cm³/mol. The standard InChI is InChI=1S/C11H21NO/c1-2-3-6-9-12-10-7-4-5-8-11(10)13/h10,12H,2-9H2,1H3. The molecular formula is C11H21NO. The molecule has 0 aromatic rings. The second-order valence-corrected chi connectivity index (χ2v) is 3.93. The van der Waals surface area contributed by atoms with E-state index in [0.29, 0.717) is 5.78 Å². The molecule has 0 saturated heterocycles. The number of hydrogen-bond acceptors (Lipinski definition) is 2. The second kappa shape index (κ2) is 6.14. The maximum atomic E-state index is 11.4. The van der Waals surface area contributed by atoms with Crippen LogP contribution < -0.4 is 5.32 Å². The smallest absolute Gasteiger partial charge is 0.149 e. The predicted octanol–water partition coefficient (Wildman–Crippen LogP) is 2.28. The molecule has 1 fully saturated rings. The molecule has 1 aliphatic rings. The van der Waals surface area contributed by atoms with Crippen LogP contribution in [0.25, 0.3) is 0 Å². The van der Waals surface area contributed by atoms with Gasteiger partial charge in [-0.1, -0.05) is 26.2 Å². The number of carbonyl (C=O) groups excluding carboxylic acids is 1. The number of carbonyl (C=O) groups is 1. The SMILES string of the molecule is CCCCCNC1CCCCC1=O. The van der Waals surface area contributed by atoms with Crippen molar-refractivity contribution < 1.29 is 4.79 Å². The molecule has 2 heteroatoms. The van der Waals surface area contributed by atoms with Gasteiger partial charge in [0.1, 0.15) is 5.78 Å². The third-order valence-corrected chi connectivity index (χ3v) is 2.73. The van der Waals surface area contributed by atoms with Crippen LogP contribution in [0.2, 0.25) is 0 Å². The van der Waals surface area contributed by atoms with Crippen LogP contribution in [0.3, 0.4) is 0 Å². The fourth-order valence-corrected chi connectivity index (χ4v) is 1.85. The lowest BCUT2D eigenvalue weighted by Crippen LogP contribution is -2.39. The highest BCUT2D eigenvalue weighted by molar-refractivity contribution is 5.84. The second-order valence-electron chi connectivity index (χ2n) is 3.93. The van der Waals surface area contributed by atoms with Crippen molar-refractivity contribution in [1.29, 1.82) is 0 Å². The van der Waals surface area contributed by atoms with Crippen LogP contribution in [-0.2, 0) is 4.79 Å². The highest BCUT2D eigenvalue weighted by atomic mass is 16.1. The van der Waals surface area contributed by atoms with Crippen LogP contribution >= 0.6 is 0 Å². The molecule has 1 saturated carbocycles. The van der Waals surface area contributed by atoms with Crippen LogP contribution in [0.1, 0.15) is 51.9 Å². The minimum atomic E-state index is 0.186. The summed E-state index contributed by atoms with van der Waals surface area (Å²) >= 11 is 0. The summed E-state index contributed by atoms with van der Waals surface area (Å²) in [5.41, 5.74) is 0. The quantitative estimate of drug-likeness (QED) is 0.662. The van der Waals surface area contributed by atoms with Crippen molar-refractivity contribution in [3.05, 3.63) is 0 Å². The van der Waals surface area contributed by atoms with Gasteiger partial charge in [-0.2, -0.15) is 0 Å². The first kappa shape index (κ1) is 10.7. The van der Waals surface area contributed by atoms with Crippen molar-refractivity contribution in [1.82, 2.24) is 5.32 Å². The van der Waals surface area contributed by atoms with Crippen LogP contribution in [-0.4, -0.2) is 18.4 Å². The molecule has 0 aliphatic heterocycles. The van der Waals surface area contributed by atoms with Gasteiger partial charge in [-0.15, -0.1) is 0 Å². The minimum absolute atomic E-state index is 0.186. The molecule has 76 valence electrons. The molecule has 1 aliphatic carbocycles. The Morgan fingerprint density at radius 3 is 2.92 bits per heavy atom. The Hall–Kier alpha value is -0.370. The zero-order valence-corrected chi connectivity index (χ0v) is 8.64. The van der Waals surface area contributed by atoms with Gasteiger partial charge in [0.2, 0.25) is 0 Å². The molecule has 13 heavy (non-hydrogen) atoms. The van der Waals surface area contributed by atoms with Crippen molar-refractivity contribution in [3.8, 4) is 0 Å². The molecule has 0 radical (unpaired) electrons. The molecule has 1 N–H and O–H groups in total. The third-order valence-electron chi connectivity index (χ3n) is 2.73. The van der Waals surface area contributed by atoms with Gasteiger partial charge in [-0.25, -0.2) is 0 Å². The number of unbranched alkanes of at least 4 members (excludes halogenated alkanes) is 2. The molecule has 0 aromatic carbocycles. The van der Waals surface area contributed by atoms with Crippen LogP contribution in [0.5, 0.6) is 0 Å². The van der Waals surface area contributed by atoms with Crippen LogP contribution in [0.15, 0.2) is 0 Å². The lowest BCUT2D eigenvalue weighted by Gasteiger charge is -2.21. The van der Waals surface area contributed by atoms with Crippen molar-refractivity contribution in [3.63, 3.8) is 0 Å². The van der Waals surface area contributed by atoms with Gasteiger partial charge >= 0.3 is 0 Å². The fourth-order valence-electron chi connectivity index (χ4n) is 1.85. The fraction of sp³-hybridized carbons (Fsp3) is 0.909. The maximum Gasteiger partial charge on any atom is 0.149 e. The Morgan fingerprint density at radius 1 is 1.38 bits per heavy atom. The van der Waals surface area contributed by atoms with Crippen molar-refractivity contribution in [2.45, 2.75) is 57.9 Å².